The molecule has 0 fully saturated rings. The van der Waals surface area contributed by atoms with Crippen LogP contribution in [0.5, 0.6) is 0 Å². The first kappa shape index (κ1) is 12.8. The molecule has 3 rings (SSSR count). The van der Waals surface area contributed by atoms with Gasteiger partial charge in [-0.05, 0) is 37.8 Å². The molecule has 0 amide bonds. The summed E-state index contributed by atoms with van der Waals surface area (Å²) in [6.45, 7) is 3.79. The molecule has 0 saturated heterocycles. The smallest absolute Gasteiger partial charge is 0.259 e. The number of aromatic nitrogens is 2. The summed E-state index contributed by atoms with van der Waals surface area (Å²) in [5.41, 5.74) is 1.29. The van der Waals surface area contributed by atoms with Crippen molar-refractivity contribution < 1.29 is 0 Å². The predicted molar refractivity (Wildman–Crippen MR) is 78.9 cm³/mol. The molecular weight excluding hydrogens is 258 g/mol. The molecule has 0 aliphatic heterocycles. The van der Waals surface area contributed by atoms with Crippen molar-refractivity contribution in [1.82, 2.24) is 15.3 Å². The molecule has 2 aromatic rings. The first-order valence-corrected chi connectivity index (χ1v) is 7.85. The van der Waals surface area contributed by atoms with Crippen LogP contribution in [0.1, 0.15) is 42.5 Å². The Morgan fingerprint density at radius 3 is 3.16 bits per heavy atom. The number of hydrogen-bond acceptors (Lipinski definition) is 4. The van der Waals surface area contributed by atoms with Gasteiger partial charge in [0, 0.05) is 4.88 Å². The number of nitrogens with one attached hydrogen (secondary N) is 2. The number of hydrogen-bond donors (Lipinski definition) is 2. The second kappa shape index (κ2) is 5.43. The molecule has 0 saturated carbocycles. The minimum absolute atomic E-state index is 0.0386. The van der Waals surface area contributed by atoms with Crippen molar-refractivity contribution in [3.63, 3.8) is 0 Å². The number of unbranched alkanes of at least 4 members (excludes halogenated alkanes) is 1. The van der Waals surface area contributed by atoms with Gasteiger partial charge in [-0.2, -0.15) is 0 Å². The highest BCUT2D eigenvalue weighted by Gasteiger charge is 2.20. The molecule has 102 valence electrons. The van der Waals surface area contributed by atoms with Gasteiger partial charge < -0.3 is 10.3 Å². The Morgan fingerprint density at radius 1 is 1.42 bits per heavy atom. The molecule has 1 aliphatic rings. The summed E-state index contributed by atoms with van der Waals surface area (Å²) < 4.78 is 0. The maximum absolute atomic E-state index is 12.2. The molecule has 2 N–H and O–H groups in total. The normalized spacial score (nSPS) is 14.2. The standard InChI is InChI=1S/C14H19N3OS/c1-2-3-7-15-8-11-16-13(18)12-9-5-4-6-10(9)19-14(12)17-11/h15H,2-8H2,1H3,(H,16,17,18). The van der Waals surface area contributed by atoms with Crippen LogP contribution in [0, 0.1) is 0 Å². The molecule has 0 radical (unpaired) electrons. The monoisotopic (exact) mass is 277 g/mol. The van der Waals surface area contributed by atoms with E-state index in [9.17, 15) is 4.79 Å². The summed E-state index contributed by atoms with van der Waals surface area (Å²) in [6, 6.07) is 0. The Morgan fingerprint density at radius 2 is 2.32 bits per heavy atom. The molecular formula is C14H19N3OS. The van der Waals surface area contributed by atoms with Crippen molar-refractivity contribution in [1.29, 1.82) is 0 Å². The molecule has 2 heterocycles. The molecule has 5 heteroatoms. The lowest BCUT2D eigenvalue weighted by atomic mass is 10.2. The minimum atomic E-state index is 0.0386. The lowest BCUT2D eigenvalue weighted by Crippen LogP contribution is -2.20. The Balaban J connectivity index is 1.86. The van der Waals surface area contributed by atoms with E-state index in [0.717, 1.165) is 41.8 Å². The Bertz CT molecular complexity index is 644. The van der Waals surface area contributed by atoms with E-state index in [1.54, 1.807) is 11.3 Å². The van der Waals surface area contributed by atoms with E-state index in [4.69, 9.17) is 0 Å². The van der Waals surface area contributed by atoms with Gasteiger partial charge in [-0.1, -0.05) is 13.3 Å². The molecule has 0 atom stereocenters. The maximum atomic E-state index is 12.2. The van der Waals surface area contributed by atoms with Gasteiger partial charge in [0.1, 0.15) is 10.7 Å². The molecule has 1 aliphatic carbocycles. The van der Waals surface area contributed by atoms with Crippen LogP contribution in [0.2, 0.25) is 0 Å². The van der Waals surface area contributed by atoms with Gasteiger partial charge in [0.05, 0.1) is 11.9 Å². The molecule has 0 aromatic carbocycles. The summed E-state index contributed by atoms with van der Waals surface area (Å²) >= 11 is 1.70. The number of H-pyrrole nitrogens is 1. The highest BCUT2D eigenvalue weighted by molar-refractivity contribution is 7.18. The van der Waals surface area contributed by atoms with Crippen molar-refractivity contribution in [2.24, 2.45) is 0 Å². The average Bonchev–Trinajstić information content (AvgIpc) is 2.94. The SMILES string of the molecule is CCCCNCc1nc2sc3c(c2c(=O)[nH]1)CCC3. The first-order chi connectivity index (χ1) is 9.29. The lowest BCUT2D eigenvalue weighted by molar-refractivity contribution is 0.623. The topological polar surface area (TPSA) is 57.8 Å². The number of aryl methyl sites for hydroxylation is 2. The van der Waals surface area contributed by atoms with Crippen molar-refractivity contribution in [3.05, 3.63) is 26.6 Å². The number of aromatic amines is 1. The zero-order chi connectivity index (χ0) is 13.2. The Hall–Kier alpha value is -1.20. The number of rotatable bonds is 5. The number of fused-ring (bicyclic) bond motifs is 3. The molecule has 19 heavy (non-hydrogen) atoms. The summed E-state index contributed by atoms with van der Waals surface area (Å²) in [5.74, 6) is 0.758. The Labute approximate surface area is 116 Å². The van der Waals surface area contributed by atoms with Crippen LogP contribution < -0.4 is 10.9 Å². The second-order valence-electron chi connectivity index (χ2n) is 5.08. The van der Waals surface area contributed by atoms with E-state index >= 15 is 0 Å². The second-order valence-corrected chi connectivity index (χ2v) is 6.16. The molecule has 2 aromatic heterocycles. The summed E-state index contributed by atoms with van der Waals surface area (Å²) in [7, 11) is 0. The third-order valence-electron chi connectivity index (χ3n) is 3.62. The van der Waals surface area contributed by atoms with Gasteiger partial charge in [0.2, 0.25) is 0 Å². The van der Waals surface area contributed by atoms with Gasteiger partial charge in [-0.25, -0.2) is 4.98 Å². The van der Waals surface area contributed by atoms with Crippen LogP contribution >= 0.6 is 11.3 Å². The van der Waals surface area contributed by atoms with Crippen molar-refractivity contribution in [3.8, 4) is 0 Å². The van der Waals surface area contributed by atoms with Crippen molar-refractivity contribution in [2.75, 3.05) is 6.54 Å². The predicted octanol–water partition coefficient (Wildman–Crippen LogP) is 2.36. The number of nitrogens with zero attached hydrogens (tertiary/aromatic N) is 1. The largest absolute Gasteiger partial charge is 0.310 e. The fourth-order valence-electron chi connectivity index (χ4n) is 2.64. The van der Waals surface area contributed by atoms with Gasteiger partial charge in [0.15, 0.2) is 0 Å². The van der Waals surface area contributed by atoms with Gasteiger partial charge >= 0.3 is 0 Å². The zero-order valence-electron chi connectivity index (χ0n) is 11.2. The van der Waals surface area contributed by atoms with E-state index in [2.05, 4.69) is 22.2 Å². The minimum Gasteiger partial charge on any atom is -0.310 e. The van der Waals surface area contributed by atoms with Gasteiger partial charge in [-0.15, -0.1) is 11.3 Å². The number of thiophene rings is 1. The van der Waals surface area contributed by atoms with Crippen LogP contribution in [0.3, 0.4) is 0 Å². The quantitative estimate of drug-likeness (QED) is 0.825. The zero-order valence-corrected chi connectivity index (χ0v) is 12.0. The van der Waals surface area contributed by atoms with E-state index < -0.39 is 0 Å². The van der Waals surface area contributed by atoms with Crippen molar-refractivity contribution >= 4 is 21.6 Å². The van der Waals surface area contributed by atoms with E-state index in [0.29, 0.717) is 6.54 Å². The highest BCUT2D eigenvalue weighted by Crippen LogP contribution is 2.34. The van der Waals surface area contributed by atoms with E-state index in [1.165, 1.54) is 23.3 Å². The summed E-state index contributed by atoms with van der Waals surface area (Å²) in [5, 5.41) is 4.16. The fraction of sp³-hybridized carbons (Fsp3) is 0.571. The third kappa shape index (κ3) is 2.44. The van der Waals surface area contributed by atoms with Gasteiger partial charge in [-0.3, -0.25) is 4.79 Å². The van der Waals surface area contributed by atoms with Crippen LogP contribution in [0.4, 0.5) is 0 Å². The van der Waals surface area contributed by atoms with Gasteiger partial charge in [0.25, 0.3) is 5.56 Å². The first-order valence-electron chi connectivity index (χ1n) is 7.03. The van der Waals surface area contributed by atoms with Crippen molar-refractivity contribution in [2.45, 2.75) is 45.6 Å². The molecule has 4 nitrogen and oxygen atoms in total. The van der Waals surface area contributed by atoms with Crippen LogP contribution in [-0.2, 0) is 19.4 Å². The van der Waals surface area contributed by atoms with Crippen LogP contribution in [0.15, 0.2) is 4.79 Å². The van der Waals surface area contributed by atoms with E-state index in [1.807, 2.05) is 0 Å². The van der Waals surface area contributed by atoms with Crippen LogP contribution in [0.25, 0.3) is 10.2 Å². The molecule has 0 bridgehead atoms. The van der Waals surface area contributed by atoms with Crippen LogP contribution in [-0.4, -0.2) is 16.5 Å². The Kier molecular flexibility index (Phi) is 3.66. The highest BCUT2D eigenvalue weighted by atomic mass is 32.1. The third-order valence-corrected chi connectivity index (χ3v) is 4.81. The average molecular weight is 277 g/mol. The molecule has 0 spiro atoms. The molecule has 0 unspecified atom stereocenters. The van der Waals surface area contributed by atoms with E-state index in [-0.39, 0.29) is 5.56 Å². The summed E-state index contributed by atoms with van der Waals surface area (Å²) in [4.78, 5) is 22.0. The fourth-order valence-corrected chi connectivity index (χ4v) is 3.92. The summed E-state index contributed by atoms with van der Waals surface area (Å²) in [6.07, 6.45) is 5.65. The maximum Gasteiger partial charge on any atom is 0.259 e. The lowest BCUT2D eigenvalue weighted by Gasteiger charge is -2.03.